The number of benzene rings is 2. The summed E-state index contributed by atoms with van der Waals surface area (Å²) < 4.78 is 30.6. The maximum atomic E-state index is 12.6. The number of amides is 1. The Bertz CT molecular complexity index is 919. The number of piperidine rings is 1. The summed E-state index contributed by atoms with van der Waals surface area (Å²) >= 11 is 0. The molecule has 6 nitrogen and oxygen atoms in total. The van der Waals surface area contributed by atoms with Gasteiger partial charge in [-0.1, -0.05) is 24.3 Å². The number of carbonyl (C=O) groups is 1. The van der Waals surface area contributed by atoms with Crippen LogP contribution in [0.3, 0.4) is 0 Å². The van der Waals surface area contributed by atoms with Crippen molar-refractivity contribution in [3.8, 4) is 11.5 Å². The Morgan fingerprint density at radius 1 is 1.11 bits per heavy atom. The fraction of sp³-hybridized carbons (Fsp3) is 0.350. The summed E-state index contributed by atoms with van der Waals surface area (Å²) in [5, 5.41) is 2.94. The van der Waals surface area contributed by atoms with Crippen LogP contribution in [0, 0.1) is 12.8 Å². The highest BCUT2D eigenvalue weighted by Gasteiger charge is 2.29. The minimum absolute atomic E-state index is 0.108. The predicted molar refractivity (Wildman–Crippen MR) is 105 cm³/mol. The van der Waals surface area contributed by atoms with Crippen molar-refractivity contribution >= 4 is 21.6 Å². The molecule has 0 bridgehead atoms. The van der Waals surface area contributed by atoms with Crippen LogP contribution in [0.5, 0.6) is 11.5 Å². The third-order valence-electron chi connectivity index (χ3n) is 4.66. The number of anilines is 1. The number of para-hydroxylation sites is 2. The fourth-order valence-electron chi connectivity index (χ4n) is 3.15. The highest BCUT2D eigenvalue weighted by Crippen LogP contribution is 2.31. The third kappa shape index (κ3) is 5.08. The van der Waals surface area contributed by atoms with Gasteiger partial charge in [0.2, 0.25) is 15.9 Å². The maximum Gasteiger partial charge on any atom is 0.227 e. The predicted octanol–water partition coefficient (Wildman–Crippen LogP) is 3.40. The topological polar surface area (TPSA) is 75.7 Å². The van der Waals surface area contributed by atoms with Crippen molar-refractivity contribution in [1.82, 2.24) is 4.31 Å². The normalized spacial score (nSPS) is 16.1. The van der Waals surface area contributed by atoms with Gasteiger partial charge in [-0.3, -0.25) is 4.79 Å². The number of nitrogens with one attached hydrogen (secondary N) is 1. The molecule has 1 saturated heterocycles. The molecule has 0 aromatic heterocycles. The van der Waals surface area contributed by atoms with Crippen molar-refractivity contribution in [1.29, 1.82) is 0 Å². The second-order valence-corrected chi connectivity index (χ2v) is 8.82. The molecule has 2 aromatic carbocycles. The summed E-state index contributed by atoms with van der Waals surface area (Å²) in [6.45, 7) is 2.74. The van der Waals surface area contributed by atoms with Crippen molar-refractivity contribution in [3.63, 3.8) is 0 Å². The van der Waals surface area contributed by atoms with Crippen LogP contribution in [0.4, 0.5) is 5.69 Å². The summed E-state index contributed by atoms with van der Waals surface area (Å²) in [5.41, 5.74) is 1.70. The zero-order chi connectivity index (χ0) is 19.4. The van der Waals surface area contributed by atoms with Crippen LogP contribution in [0.15, 0.2) is 48.5 Å². The van der Waals surface area contributed by atoms with Gasteiger partial charge in [0, 0.05) is 19.0 Å². The van der Waals surface area contributed by atoms with Crippen LogP contribution >= 0.6 is 0 Å². The Kier molecular flexibility index (Phi) is 5.82. The zero-order valence-corrected chi connectivity index (χ0v) is 16.3. The van der Waals surface area contributed by atoms with Gasteiger partial charge in [-0.15, -0.1) is 0 Å². The van der Waals surface area contributed by atoms with E-state index in [1.807, 2.05) is 49.4 Å². The van der Waals surface area contributed by atoms with E-state index < -0.39 is 10.0 Å². The van der Waals surface area contributed by atoms with Crippen LogP contribution in [0.1, 0.15) is 18.4 Å². The molecule has 1 heterocycles. The van der Waals surface area contributed by atoms with Gasteiger partial charge < -0.3 is 10.1 Å². The van der Waals surface area contributed by atoms with Gasteiger partial charge in [0.25, 0.3) is 0 Å². The van der Waals surface area contributed by atoms with Gasteiger partial charge in [0.15, 0.2) is 5.75 Å². The van der Waals surface area contributed by atoms with Crippen LogP contribution in [-0.4, -0.2) is 38.0 Å². The number of hydrogen-bond donors (Lipinski definition) is 1. The molecule has 1 N–H and O–H groups in total. The molecule has 27 heavy (non-hydrogen) atoms. The molecule has 1 aliphatic heterocycles. The van der Waals surface area contributed by atoms with Crippen LogP contribution in [-0.2, 0) is 14.8 Å². The lowest BCUT2D eigenvalue weighted by molar-refractivity contribution is -0.120. The van der Waals surface area contributed by atoms with Crippen molar-refractivity contribution in [3.05, 3.63) is 54.1 Å². The second-order valence-electron chi connectivity index (χ2n) is 6.84. The molecule has 0 atom stereocenters. The van der Waals surface area contributed by atoms with E-state index >= 15 is 0 Å². The largest absolute Gasteiger partial charge is 0.455 e. The molecule has 1 aliphatic rings. The zero-order valence-electron chi connectivity index (χ0n) is 15.5. The Morgan fingerprint density at radius 2 is 1.81 bits per heavy atom. The molecule has 0 spiro atoms. The average Bonchev–Trinajstić information content (AvgIpc) is 2.63. The van der Waals surface area contributed by atoms with Crippen LogP contribution < -0.4 is 10.1 Å². The lowest BCUT2D eigenvalue weighted by Crippen LogP contribution is -2.40. The van der Waals surface area contributed by atoms with Crippen LogP contribution in [0.2, 0.25) is 0 Å². The maximum absolute atomic E-state index is 12.6. The Labute approximate surface area is 160 Å². The van der Waals surface area contributed by atoms with Crippen LogP contribution in [0.25, 0.3) is 0 Å². The summed E-state index contributed by atoms with van der Waals surface area (Å²) in [5.74, 6) is 0.960. The first kappa shape index (κ1) is 19.4. The molecular formula is C20H24N2O4S. The molecule has 0 aliphatic carbocycles. The lowest BCUT2D eigenvalue weighted by Gasteiger charge is -2.29. The van der Waals surface area contributed by atoms with Gasteiger partial charge in [-0.2, -0.15) is 0 Å². The Morgan fingerprint density at radius 3 is 2.48 bits per heavy atom. The number of carbonyl (C=O) groups excluding carboxylic acids is 1. The first-order valence-electron chi connectivity index (χ1n) is 8.92. The average molecular weight is 388 g/mol. The van der Waals surface area contributed by atoms with Gasteiger partial charge in [-0.05, 0) is 49.6 Å². The number of nitrogens with zero attached hydrogens (tertiary/aromatic N) is 1. The van der Waals surface area contributed by atoms with E-state index in [0.29, 0.717) is 43.1 Å². The highest BCUT2D eigenvalue weighted by atomic mass is 32.2. The second kappa shape index (κ2) is 8.10. The molecule has 0 saturated carbocycles. The molecule has 0 unspecified atom stereocenters. The third-order valence-corrected chi connectivity index (χ3v) is 5.96. The smallest absolute Gasteiger partial charge is 0.227 e. The molecular weight excluding hydrogens is 364 g/mol. The molecule has 3 rings (SSSR count). The van der Waals surface area contributed by atoms with Crippen molar-refractivity contribution in [2.24, 2.45) is 5.92 Å². The SMILES string of the molecule is Cc1cccc(Oc2ccccc2NC(=O)C2CCN(S(C)(=O)=O)CC2)c1. The van der Waals surface area contributed by atoms with E-state index in [9.17, 15) is 13.2 Å². The van der Waals surface area contributed by atoms with Gasteiger partial charge in [0.1, 0.15) is 5.75 Å². The Balaban J connectivity index is 1.67. The molecule has 1 amide bonds. The van der Waals surface area contributed by atoms with E-state index in [-0.39, 0.29) is 11.8 Å². The van der Waals surface area contributed by atoms with Crippen molar-refractivity contribution < 1.29 is 17.9 Å². The highest BCUT2D eigenvalue weighted by molar-refractivity contribution is 7.88. The molecule has 7 heteroatoms. The number of sulfonamides is 1. The Hall–Kier alpha value is -2.38. The first-order valence-corrected chi connectivity index (χ1v) is 10.8. The number of aryl methyl sites for hydroxylation is 1. The lowest BCUT2D eigenvalue weighted by atomic mass is 9.97. The number of ether oxygens (including phenoxy) is 1. The molecule has 2 aromatic rings. The quantitative estimate of drug-likeness (QED) is 0.852. The van der Waals surface area contributed by atoms with Crippen molar-refractivity contribution in [2.45, 2.75) is 19.8 Å². The van der Waals surface area contributed by atoms with E-state index in [2.05, 4.69) is 5.32 Å². The van der Waals surface area contributed by atoms with Gasteiger partial charge in [0.05, 0.1) is 11.9 Å². The molecule has 0 radical (unpaired) electrons. The summed E-state index contributed by atoms with van der Waals surface area (Å²) in [6.07, 6.45) is 2.23. The van der Waals surface area contributed by atoms with E-state index in [0.717, 1.165) is 5.56 Å². The summed E-state index contributed by atoms with van der Waals surface area (Å²) in [4.78, 5) is 12.6. The fourth-order valence-corrected chi connectivity index (χ4v) is 4.02. The van der Waals surface area contributed by atoms with Gasteiger partial charge in [-0.25, -0.2) is 12.7 Å². The summed E-state index contributed by atoms with van der Waals surface area (Å²) in [7, 11) is -3.20. The monoisotopic (exact) mass is 388 g/mol. The van der Waals surface area contributed by atoms with E-state index in [1.54, 1.807) is 6.07 Å². The minimum atomic E-state index is -3.20. The van der Waals surface area contributed by atoms with Gasteiger partial charge >= 0.3 is 0 Å². The van der Waals surface area contributed by atoms with E-state index in [4.69, 9.17) is 4.74 Å². The molecule has 144 valence electrons. The summed E-state index contributed by atoms with van der Waals surface area (Å²) in [6, 6.07) is 15.0. The molecule has 1 fully saturated rings. The minimum Gasteiger partial charge on any atom is -0.455 e. The number of hydrogen-bond acceptors (Lipinski definition) is 4. The van der Waals surface area contributed by atoms with E-state index in [1.165, 1.54) is 10.6 Å². The number of rotatable bonds is 5. The standard InChI is InChI=1S/C20H24N2O4S/c1-15-6-5-7-17(14-15)26-19-9-4-3-8-18(19)21-20(23)16-10-12-22(13-11-16)27(2,24)25/h3-9,14,16H,10-13H2,1-2H3,(H,21,23). The van der Waals surface area contributed by atoms with Crippen molar-refractivity contribution in [2.75, 3.05) is 24.7 Å². The first-order chi connectivity index (χ1) is 12.8.